The summed E-state index contributed by atoms with van der Waals surface area (Å²) in [6, 6.07) is 4.36. The van der Waals surface area contributed by atoms with E-state index in [0.717, 1.165) is 11.3 Å². The highest BCUT2D eigenvalue weighted by atomic mass is 16.5. The van der Waals surface area contributed by atoms with Gasteiger partial charge in [0.2, 0.25) is 11.8 Å². The molecule has 0 aliphatic carbocycles. The summed E-state index contributed by atoms with van der Waals surface area (Å²) in [6.07, 6.45) is 1.78. The van der Waals surface area contributed by atoms with Crippen LogP contribution in [-0.2, 0) is 9.47 Å². The van der Waals surface area contributed by atoms with E-state index >= 15 is 0 Å². The molecule has 22 heavy (non-hydrogen) atoms. The summed E-state index contributed by atoms with van der Waals surface area (Å²) < 4.78 is 11.3. The molecule has 5 heteroatoms. The van der Waals surface area contributed by atoms with Crippen molar-refractivity contribution >= 4 is 11.8 Å². The zero-order valence-electron chi connectivity index (χ0n) is 13.6. The fourth-order valence-corrected chi connectivity index (χ4v) is 2.41. The smallest absolute Gasteiger partial charge is 0.235 e. The third-order valence-corrected chi connectivity index (χ3v) is 4.12. The molecule has 118 valence electrons. The molecule has 0 spiro atoms. The molecule has 2 aliphatic rings. The second-order valence-corrected chi connectivity index (χ2v) is 6.55. The minimum absolute atomic E-state index is 0.228. The van der Waals surface area contributed by atoms with Crippen LogP contribution in [0.1, 0.15) is 39.0 Å². The molecule has 3 heterocycles. The van der Waals surface area contributed by atoms with Gasteiger partial charge in [0.1, 0.15) is 18.9 Å². The molecule has 0 N–H and O–H groups in total. The number of hydrogen-bond acceptors (Lipinski definition) is 5. The first-order valence-corrected chi connectivity index (χ1v) is 7.92. The number of hydrogen-bond donors (Lipinski definition) is 0. The van der Waals surface area contributed by atoms with Crippen LogP contribution in [0.15, 0.2) is 28.3 Å². The van der Waals surface area contributed by atoms with E-state index in [0.29, 0.717) is 36.8 Å². The molecule has 0 bridgehead atoms. The Bertz CT molecular complexity index is 537. The molecule has 0 saturated heterocycles. The van der Waals surface area contributed by atoms with E-state index in [4.69, 9.17) is 9.47 Å². The molecule has 0 radical (unpaired) electrons. The number of aliphatic imine (C=N–C) groups is 2. The minimum Gasteiger partial charge on any atom is -0.475 e. The van der Waals surface area contributed by atoms with Crippen LogP contribution in [0.2, 0.25) is 0 Å². The molecule has 5 nitrogen and oxygen atoms in total. The lowest BCUT2D eigenvalue weighted by Gasteiger charge is -2.06. The molecular formula is C17H23N3O2. The number of nitrogens with zero attached hydrogens (tertiary/aromatic N) is 3. The summed E-state index contributed by atoms with van der Waals surface area (Å²) in [5, 5.41) is 0. The molecule has 0 amide bonds. The lowest BCUT2D eigenvalue weighted by Crippen LogP contribution is -2.13. The van der Waals surface area contributed by atoms with Crippen molar-refractivity contribution in [3.63, 3.8) is 0 Å². The number of aromatic nitrogens is 1. The average molecular weight is 301 g/mol. The van der Waals surface area contributed by atoms with Crippen LogP contribution in [0.5, 0.6) is 0 Å². The largest absolute Gasteiger partial charge is 0.475 e. The zero-order valence-corrected chi connectivity index (χ0v) is 13.6. The molecule has 1 aromatic heterocycles. The van der Waals surface area contributed by atoms with E-state index in [1.807, 2.05) is 12.1 Å². The van der Waals surface area contributed by atoms with Crippen molar-refractivity contribution in [2.45, 2.75) is 39.8 Å². The van der Waals surface area contributed by atoms with Crippen molar-refractivity contribution in [1.29, 1.82) is 0 Å². The lowest BCUT2D eigenvalue weighted by molar-refractivity contribution is 0.291. The summed E-state index contributed by atoms with van der Waals surface area (Å²) >= 11 is 0. The topological polar surface area (TPSA) is 56.1 Å². The quantitative estimate of drug-likeness (QED) is 0.859. The zero-order chi connectivity index (χ0) is 15.7. The van der Waals surface area contributed by atoms with Gasteiger partial charge in [0.15, 0.2) is 0 Å². The second kappa shape index (κ2) is 6.07. The molecule has 1 aromatic rings. The fourth-order valence-electron chi connectivity index (χ4n) is 2.41. The van der Waals surface area contributed by atoms with Gasteiger partial charge in [-0.05, 0) is 24.0 Å². The van der Waals surface area contributed by atoms with Crippen LogP contribution in [0, 0.1) is 11.8 Å². The summed E-state index contributed by atoms with van der Waals surface area (Å²) in [6.45, 7) is 9.91. The minimum atomic E-state index is 0.228. The third-order valence-electron chi connectivity index (χ3n) is 4.12. The highest BCUT2D eigenvalue weighted by molar-refractivity contribution is 5.97. The Morgan fingerprint density at radius 3 is 2.00 bits per heavy atom. The van der Waals surface area contributed by atoms with E-state index in [2.05, 4.69) is 42.7 Å². The Morgan fingerprint density at radius 1 is 0.909 bits per heavy atom. The second-order valence-electron chi connectivity index (χ2n) is 6.55. The highest BCUT2D eigenvalue weighted by Gasteiger charge is 2.25. The van der Waals surface area contributed by atoms with Crippen molar-refractivity contribution in [2.75, 3.05) is 13.2 Å². The van der Waals surface area contributed by atoms with Gasteiger partial charge in [0.25, 0.3) is 0 Å². The summed E-state index contributed by atoms with van der Waals surface area (Å²) in [5.74, 6) is 2.29. The first-order valence-electron chi connectivity index (χ1n) is 7.92. The maximum Gasteiger partial charge on any atom is 0.235 e. The highest BCUT2D eigenvalue weighted by Crippen LogP contribution is 2.19. The molecule has 3 rings (SSSR count). The molecule has 0 fully saturated rings. The van der Waals surface area contributed by atoms with Gasteiger partial charge in [-0.25, -0.2) is 9.98 Å². The van der Waals surface area contributed by atoms with Crippen LogP contribution in [0.25, 0.3) is 0 Å². The van der Waals surface area contributed by atoms with Crippen LogP contribution in [-0.4, -0.2) is 42.1 Å². The Morgan fingerprint density at radius 2 is 1.50 bits per heavy atom. The van der Waals surface area contributed by atoms with Crippen LogP contribution >= 0.6 is 0 Å². The maximum absolute atomic E-state index is 5.68. The van der Waals surface area contributed by atoms with E-state index in [1.165, 1.54) is 0 Å². The van der Waals surface area contributed by atoms with Crippen molar-refractivity contribution < 1.29 is 9.47 Å². The Balaban J connectivity index is 1.74. The van der Waals surface area contributed by atoms with Gasteiger partial charge in [0, 0.05) is 6.20 Å². The van der Waals surface area contributed by atoms with Crippen molar-refractivity contribution in [3.8, 4) is 0 Å². The average Bonchev–Trinajstić information content (AvgIpc) is 3.17. The van der Waals surface area contributed by atoms with Gasteiger partial charge >= 0.3 is 0 Å². The van der Waals surface area contributed by atoms with Crippen molar-refractivity contribution in [2.24, 2.45) is 21.8 Å². The Hall–Kier alpha value is -1.91. The molecular weight excluding hydrogens is 278 g/mol. The molecule has 2 atom stereocenters. The fraction of sp³-hybridized carbons (Fsp3) is 0.588. The van der Waals surface area contributed by atoms with Gasteiger partial charge in [0.05, 0.1) is 17.6 Å². The first-order chi connectivity index (χ1) is 10.5. The normalized spacial score (nSPS) is 24.3. The predicted molar refractivity (Wildman–Crippen MR) is 86.5 cm³/mol. The first kappa shape index (κ1) is 15.0. The van der Waals surface area contributed by atoms with Crippen LogP contribution in [0.3, 0.4) is 0 Å². The van der Waals surface area contributed by atoms with Crippen molar-refractivity contribution in [1.82, 2.24) is 4.98 Å². The lowest BCUT2D eigenvalue weighted by atomic mass is 10.1. The van der Waals surface area contributed by atoms with Crippen molar-refractivity contribution in [3.05, 3.63) is 29.6 Å². The van der Waals surface area contributed by atoms with Gasteiger partial charge < -0.3 is 9.47 Å². The van der Waals surface area contributed by atoms with E-state index in [1.54, 1.807) is 6.20 Å². The summed E-state index contributed by atoms with van der Waals surface area (Å²) in [5.41, 5.74) is 1.68. The van der Waals surface area contributed by atoms with Gasteiger partial charge in [-0.2, -0.15) is 0 Å². The van der Waals surface area contributed by atoms with E-state index < -0.39 is 0 Å². The van der Waals surface area contributed by atoms with Crippen LogP contribution in [0.4, 0.5) is 0 Å². The number of ether oxygens (including phenoxy) is 2. The molecule has 0 aromatic carbocycles. The Kier molecular flexibility index (Phi) is 4.14. The number of pyridine rings is 1. The third kappa shape index (κ3) is 2.98. The maximum atomic E-state index is 5.68. The SMILES string of the molecule is CC(C)C1COC(c2ccc(C3=NC(C(C)C)CO3)nc2)=N1. The molecule has 2 unspecified atom stereocenters. The standard InChI is InChI=1S/C17H23N3O2/c1-10(2)14-8-21-16(19-14)12-5-6-13(18-7-12)17-20-15(9-22-17)11(3)4/h5-7,10-11,14-15H,8-9H2,1-4H3. The summed E-state index contributed by atoms with van der Waals surface area (Å²) in [4.78, 5) is 13.7. The van der Waals surface area contributed by atoms with E-state index in [-0.39, 0.29) is 12.1 Å². The predicted octanol–water partition coefficient (Wildman–Crippen LogP) is 2.68. The van der Waals surface area contributed by atoms with Gasteiger partial charge in [-0.3, -0.25) is 4.98 Å². The van der Waals surface area contributed by atoms with E-state index in [9.17, 15) is 0 Å². The summed E-state index contributed by atoms with van der Waals surface area (Å²) in [7, 11) is 0. The monoisotopic (exact) mass is 301 g/mol. The molecule has 0 saturated carbocycles. The van der Waals surface area contributed by atoms with Gasteiger partial charge in [-0.15, -0.1) is 0 Å². The number of rotatable bonds is 4. The Labute approximate surface area is 131 Å². The van der Waals surface area contributed by atoms with Crippen LogP contribution < -0.4 is 0 Å². The van der Waals surface area contributed by atoms with Gasteiger partial charge in [-0.1, -0.05) is 27.7 Å². The molecule has 2 aliphatic heterocycles.